The van der Waals surface area contributed by atoms with Crippen molar-refractivity contribution < 1.29 is 23.6 Å². The Kier molecular flexibility index (Phi) is 7.42. The summed E-state index contributed by atoms with van der Waals surface area (Å²) in [5.41, 5.74) is 6.20. The van der Waals surface area contributed by atoms with E-state index in [1.807, 2.05) is 0 Å². The largest absolute Gasteiger partial charge is 0.358 e. The van der Waals surface area contributed by atoms with E-state index in [0.717, 1.165) is 12.8 Å². The van der Waals surface area contributed by atoms with Crippen LogP contribution in [0.1, 0.15) is 58.6 Å². The zero-order valence-electron chi connectivity index (χ0n) is 18.4. The smallest absolute Gasteiger partial charge is 0.256 e. The van der Waals surface area contributed by atoms with Crippen molar-refractivity contribution in [1.82, 2.24) is 15.8 Å². The molecule has 2 aromatic rings. The first-order valence-electron chi connectivity index (χ1n) is 10.4. The number of rotatable bonds is 9. The zero-order chi connectivity index (χ0) is 23.3. The molecule has 0 unspecified atom stereocenters. The van der Waals surface area contributed by atoms with Crippen molar-refractivity contribution in [3.8, 4) is 0 Å². The molecule has 3 amide bonds. The molecule has 4 N–H and O–H groups in total. The first-order valence-corrected chi connectivity index (χ1v) is 10.4. The van der Waals surface area contributed by atoms with E-state index in [1.165, 1.54) is 25.3 Å². The molecule has 1 aromatic heterocycles. The number of hydrogen-bond acceptors (Lipinski definition) is 4. The van der Waals surface area contributed by atoms with Crippen molar-refractivity contribution in [2.24, 2.45) is 0 Å². The predicted molar refractivity (Wildman–Crippen MR) is 119 cm³/mol. The number of nitrogens with one attached hydrogen (secondary N) is 4. The van der Waals surface area contributed by atoms with E-state index in [2.05, 4.69) is 25.9 Å². The molecule has 0 aliphatic carbocycles. The molecule has 0 radical (unpaired) electrons. The summed E-state index contributed by atoms with van der Waals surface area (Å²) in [5, 5.41) is 5.62. The van der Waals surface area contributed by atoms with Crippen LogP contribution in [0.4, 0.5) is 10.1 Å². The van der Waals surface area contributed by atoms with Gasteiger partial charge in [-0.3, -0.25) is 19.2 Å². The lowest BCUT2D eigenvalue weighted by Crippen LogP contribution is -2.25. The summed E-state index contributed by atoms with van der Waals surface area (Å²) in [5.74, 6) is -1.12. The third kappa shape index (κ3) is 5.23. The Bertz CT molecular complexity index is 1070. The number of aromatic amines is 1. The minimum Gasteiger partial charge on any atom is -0.358 e. The number of benzene rings is 1. The fourth-order valence-electron chi connectivity index (χ4n) is 3.75. The van der Waals surface area contributed by atoms with Crippen molar-refractivity contribution in [1.29, 1.82) is 0 Å². The number of fused-ring (bicyclic) bond motifs is 1. The van der Waals surface area contributed by atoms with Gasteiger partial charge in [0.25, 0.3) is 11.8 Å². The molecule has 1 aliphatic rings. The van der Waals surface area contributed by atoms with Crippen LogP contribution in [0, 0.1) is 19.7 Å². The molecule has 2 heterocycles. The van der Waals surface area contributed by atoms with Crippen LogP contribution >= 0.6 is 0 Å². The summed E-state index contributed by atoms with van der Waals surface area (Å²) in [6.07, 6.45) is 4.26. The van der Waals surface area contributed by atoms with Crippen LogP contribution in [0.15, 0.2) is 18.2 Å². The van der Waals surface area contributed by atoms with Gasteiger partial charge < -0.3 is 15.6 Å². The number of anilines is 1. The van der Waals surface area contributed by atoms with E-state index in [1.54, 1.807) is 19.9 Å². The van der Waals surface area contributed by atoms with Gasteiger partial charge in [-0.2, -0.15) is 0 Å². The van der Waals surface area contributed by atoms with Gasteiger partial charge in [-0.1, -0.05) is 6.42 Å². The average molecular weight is 442 g/mol. The van der Waals surface area contributed by atoms with Crippen LogP contribution in [-0.4, -0.2) is 36.4 Å². The fourth-order valence-corrected chi connectivity index (χ4v) is 3.75. The summed E-state index contributed by atoms with van der Waals surface area (Å²) in [4.78, 5) is 44.1. The van der Waals surface area contributed by atoms with E-state index in [4.69, 9.17) is 0 Å². The lowest BCUT2D eigenvalue weighted by molar-refractivity contribution is -0.131. The number of aromatic nitrogens is 1. The van der Waals surface area contributed by atoms with Crippen LogP contribution in [0.2, 0.25) is 0 Å². The van der Waals surface area contributed by atoms with Gasteiger partial charge >= 0.3 is 0 Å². The first kappa shape index (κ1) is 23.2. The van der Waals surface area contributed by atoms with Crippen molar-refractivity contribution in [2.45, 2.75) is 39.5 Å². The molecular weight excluding hydrogens is 415 g/mol. The quantitative estimate of drug-likeness (QED) is 0.271. The second kappa shape index (κ2) is 10.2. The number of H-pyrrole nitrogens is 1. The Morgan fingerprint density at radius 3 is 2.72 bits per heavy atom. The minimum absolute atomic E-state index is 0.168. The van der Waals surface area contributed by atoms with Crippen molar-refractivity contribution in [3.63, 3.8) is 0 Å². The SMILES string of the molecule is CONC(=O)CCCCCNC(=O)c1c(C)[nH]c(/C=C2\C(=O)Nc3ccc(F)cc32)c1C. The van der Waals surface area contributed by atoms with Gasteiger partial charge in [-0.25, -0.2) is 9.87 Å². The van der Waals surface area contributed by atoms with Gasteiger partial charge in [0.15, 0.2) is 0 Å². The van der Waals surface area contributed by atoms with E-state index in [9.17, 15) is 18.8 Å². The maximum Gasteiger partial charge on any atom is 0.256 e. The van der Waals surface area contributed by atoms with Crippen LogP contribution < -0.4 is 16.1 Å². The number of halogens is 1. The van der Waals surface area contributed by atoms with E-state index in [0.29, 0.717) is 58.7 Å². The first-order chi connectivity index (χ1) is 15.3. The van der Waals surface area contributed by atoms with Crippen LogP contribution in [0.5, 0.6) is 0 Å². The Morgan fingerprint density at radius 1 is 1.19 bits per heavy atom. The molecule has 3 rings (SSSR count). The van der Waals surface area contributed by atoms with Gasteiger partial charge in [-0.05, 0) is 56.5 Å². The summed E-state index contributed by atoms with van der Waals surface area (Å²) in [7, 11) is 1.39. The molecule has 0 fully saturated rings. The topological polar surface area (TPSA) is 112 Å². The molecule has 32 heavy (non-hydrogen) atoms. The molecule has 0 saturated carbocycles. The average Bonchev–Trinajstić information content (AvgIpc) is 3.20. The maximum absolute atomic E-state index is 13.7. The normalized spacial score (nSPS) is 13.8. The molecule has 0 saturated heterocycles. The van der Waals surface area contributed by atoms with Gasteiger partial charge in [0.1, 0.15) is 5.82 Å². The standard InChI is InChI=1S/C23H27FN4O4/c1-13-19(12-17-16-11-15(24)8-9-18(16)27-22(17)30)26-14(2)21(13)23(31)25-10-6-4-5-7-20(29)28-32-3/h8-9,11-12,26H,4-7,10H2,1-3H3,(H,25,31)(H,27,30)(H,28,29)/b17-12-. The minimum atomic E-state index is -0.426. The number of carbonyl (C=O) groups is 3. The summed E-state index contributed by atoms with van der Waals surface area (Å²) in [6, 6.07) is 4.14. The molecule has 0 atom stereocenters. The third-order valence-corrected chi connectivity index (χ3v) is 5.34. The summed E-state index contributed by atoms with van der Waals surface area (Å²) < 4.78 is 13.7. The lowest BCUT2D eigenvalue weighted by atomic mass is 10.0. The van der Waals surface area contributed by atoms with E-state index < -0.39 is 5.82 Å². The van der Waals surface area contributed by atoms with Gasteiger partial charge in [0.05, 0.1) is 18.2 Å². The Hall–Kier alpha value is -3.46. The van der Waals surface area contributed by atoms with Gasteiger partial charge in [-0.15, -0.1) is 0 Å². The van der Waals surface area contributed by atoms with Crippen LogP contribution in [0.25, 0.3) is 11.6 Å². The molecule has 0 spiro atoms. The Labute approximate surface area is 185 Å². The van der Waals surface area contributed by atoms with Crippen molar-refractivity contribution >= 4 is 35.1 Å². The predicted octanol–water partition coefficient (Wildman–Crippen LogP) is 3.23. The second-order valence-electron chi connectivity index (χ2n) is 7.66. The van der Waals surface area contributed by atoms with Crippen LogP contribution in [-0.2, 0) is 14.4 Å². The maximum atomic E-state index is 13.7. The molecule has 1 aliphatic heterocycles. The molecule has 170 valence electrons. The number of carbonyl (C=O) groups excluding carboxylic acids is 3. The summed E-state index contributed by atoms with van der Waals surface area (Å²) in [6.45, 7) is 4.08. The number of aryl methyl sites for hydroxylation is 1. The zero-order valence-corrected chi connectivity index (χ0v) is 18.4. The second-order valence-corrected chi connectivity index (χ2v) is 7.66. The highest BCUT2D eigenvalue weighted by Gasteiger charge is 2.26. The third-order valence-electron chi connectivity index (χ3n) is 5.34. The summed E-state index contributed by atoms with van der Waals surface area (Å²) >= 11 is 0. The fraction of sp³-hybridized carbons (Fsp3) is 0.348. The monoisotopic (exact) mass is 442 g/mol. The Morgan fingerprint density at radius 2 is 1.97 bits per heavy atom. The number of hydroxylamine groups is 1. The number of unbranched alkanes of at least 4 members (excludes halogenated alkanes) is 2. The van der Waals surface area contributed by atoms with Gasteiger partial charge in [0, 0.05) is 35.6 Å². The van der Waals surface area contributed by atoms with Crippen LogP contribution in [0.3, 0.4) is 0 Å². The van der Waals surface area contributed by atoms with Crippen molar-refractivity contribution in [2.75, 3.05) is 19.0 Å². The molecule has 9 heteroatoms. The van der Waals surface area contributed by atoms with E-state index in [-0.39, 0.29) is 17.7 Å². The molecule has 0 bridgehead atoms. The molecular formula is C23H27FN4O4. The number of amides is 3. The molecule has 8 nitrogen and oxygen atoms in total. The highest BCUT2D eigenvalue weighted by atomic mass is 19.1. The lowest BCUT2D eigenvalue weighted by Gasteiger charge is -2.06. The molecule has 1 aromatic carbocycles. The van der Waals surface area contributed by atoms with E-state index >= 15 is 0 Å². The highest BCUT2D eigenvalue weighted by molar-refractivity contribution is 6.34. The Balaban J connectivity index is 1.64. The van der Waals surface area contributed by atoms with Crippen molar-refractivity contribution in [3.05, 3.63) is 52.1 Å². The highest BCUT2D eigenvalue weighted by Crippen LogP contribution is 2.34. The number of hydrogen-bond donors (Lipinski definition) is 4. The van der Waals surface area contributed by atoms with Gasteiger partial charge in [0.2, 0.25) is 5.91 Å².